The average Bonchev–Trinajstić information content (AvgIpc) is 3.97. The number of sulfonamides is 2. The molecule has 0 spiro atoms. The van der Waals surface area contributed by atoms with Gasteiger partial charge in [-0.15, -0.1) is 0 Å². The van der Waals surface area contributed by atoms with Crippen molar-refractivity contribution in [1.29, 1.82) is 0 Å². The zero-order valence-electron chi connectivity index (χ0n) is 44.5. The summed E-state index contributed by atoms with van der Waals surface area (Å²) in [5, 5.41) is 20.3. The van der Waals surface area contributed by atoms with Crippen molar-refractivity contribution >= 4 is 43.2 Å². The van der Waals surface area contributed by atoms with Crippen LogP contribution >= 0.6 is 0 Å². The van der Waals surface area contributed by atoms with Crippen LogP contribution in [0.2, 0.25) is 0 Å². The predicted octanol–water partition coefficient (Wildman–Crippen LogP) is 3.39. The van der Waals surface area contributed by atoms with Gasteiger partial charge in [0.1, 0.15) is 27.6 Å². The zero-order chi connectivity index (χ0) is 55.6. The fourth-order valence-electron chi connectivity index (χ4n) is 8.35. The first kappa shape index (κ1) is 61.8. The molecule has 0 aliphatic carbocycles. The summed E-state index contributed by atoms with van der Waals surface area (Å²) in [5.41, 5.74) is 17.7. The van der Waals surface area contributed by atoms with Gasteiger partial charge in [-0.2, -0.15) is 0 Å². The van der Waals surface area contributed by atoms with E-state index in [-0.39, 0.29) is 38.3 Å². The number of imidazole rings is 1. The summed E-state index contributed by atoms with van der Waals surface area (Å²) < 4.78 is 62.8. The van der Waals surface area contributed by atoms with Crippen molar-refractivity contribution in [3.63, 3.8) is 0 Å². The van der Waals surface area contributed by atoms with Crippen LogP contribution in [0.15, 0.2) is 113 Å². The summed E-state index contributed by atoms with van der Waals surface area (Å²) in [6, 6.07) is 23.3. The first-order chi connectivity index (χ1) is 37.1. The van der Waals surface area contributed by atoms with Crippen molar-refractivity contribution in [3.05, 3.63) is 115 Å². The summed E-state index contributed by atoms with van der Waals surface area (Å²) in [6.07, 6.45) is 7.91. The SMILES string of the molecule is CCCCNc1cc(C(=O)NCCN2CCN(CCN)CC2)cc(S(N)(=O)=O)c1Oc1ccccc1.CCCCNc1cc(C(=O)n2ccnc2)cc(S(N)(=O)=O)c1Oc1ccccc1.NCCN1CCN(CCN)CC1. The van der Waals surface area contributed by atoms with Crippen LogP contribution in [0.5, 0.6) is 23.0 Å². The lowest BCUT2D eigenvalue weighted by molar-refractivity contribution is 0.0934. The summed E-state index contributed by atoms with van der Waals surface area (Å²) in [5.74, 6) is 0.238. The molecule has 4 aromatic carbocycles. The van der Waals surface area contributed by atoms with E-state index in [4.69, 9.17) is 37.0 Å². The third-order valence-electron chi connectivity index (χ3n) is 12.6. The third-order valence-corrected chi connectivity index (χ3v) is 14.4. The number of hydrogen-bond donors (Lipinski definition) is 8. The van der Waals surface area contributed by atoms with E-state index in [2.05, 4.69) is 47.5 Å². The topological polar surface area (TPSA) is 318 Å². The predicted molar refractivity (Wildman–Crippen MR) is 303 cm³/mol. The highest BCUT2D eigenvalue weighted by atomic mass is 32.2. The minimum absolute atomic E-state index is 0.0528. The second-order valence-corrected chi connectivity index (χ2v) is 21.5. The molecule has 7 rings (SSSR count). The minimum atomic E-state index is -4.18. The van der Waals surface area contributed by atoms with E-state index in [0.29, 0.717) is 55.6 Å². The normalized spacial score (nSPS) is 14.6. The number of benzene rings is 4. The minimum Gasteiger partial charge on any atom is -0.454 e. The number of piperazine rings is 2. The van der Waals surface area contributed by atoms with Crippen molar-refractivity contribution in [2.75, 3.05) is 128 Å². The molecule has 1 aromatic heterocycles. The monoisotopic (exact) mass is 1100 g/mol. The fraction of sp³-hybridized carbons (Fsp3) is 0.453. The Morgan fingerprint density at radius 1 is 0.571 bits per heavy atom. The molecule has 3 heterocycles. The molecule has 77 heavy (non-hydrogen) atoms. The number of nitrogens with one attached hydrogen (secondary N) is 3. The number of rotatable bonds is 25. The van der Waals surface area contributed by atoms with E-state index in [9.17, 15) is 26.4 Å². The third kappa shape index (κ3) is 20.4. The van der Waals surface area contributed by atoms with E-state index in [1.807, 2.05) is 19.1 Å². The first-order valence-corrected chi connectivity index (χ1v) is 29.3. The maximum absolute atomic E-state index is 13.0. The van der Waals surface area contributed by atoms with Crippen LogP contribution < -0.4 is 52.9 Å². The molecular formula is C53H80N14O8S2. The Kier molecular flexibility index (Phi) is 25.7. The Hall–Kier alpha value is -6.03. The van der Waals surface area contributed by atoms with E-state index in [1.54, 1.807) is 60.7 Å². The van der Waals surface area contributed by atoms with Crippen molar-refractivity contribution < 1.29 is 35.9 Å². The molecule has 0 radical (unpaired) electrons. The molecule has 422 valence electrons. The Balaban J connectivity index is 0.000000237. The molecule has 22 nitrogen and oxygen atoms in total. The van der Waals surface area contributed by atoms with Gasteiger partial charge in [-0.05, 0) is 61.4 Å². The van der Waals surface area contributed by atoms with Crippen molar-refractivity contribution in [1.82, 2.24) is 34.5 Å². The lowest BCUT2D eigenvalue weighted by Crippen LogP contribution is -2.49. The van der Waals surface area contributed by atoms with Gasteiger partial charge in [-0.25, -0.2) is 32.1 Å². The number of anilines is 2. The number of primary sulfonamides is 2. The average molecular weight is 1110 g/mol. The quantitative estimate of drug-likeness (QED) is 0.0388. The lowest BCUT2D eigenvalue weighted by atomic mass is 10.1. The second-order valence-electron chi connectivity index (χ2n) is 18.4. The second kappa shape index (κ2) is 32.0. The number of ether oxygens (including phenoxy) is 2. The summed E-state index contributed by atoms with van der Waals surface area (Å²) >= 11 is 0. The number of carbonyl (C=O) groups excluding carboxylic acids is 2. The van der Waals surface area contributed by atoms with Gasteiger partial charge >= 0.3 is 0 Å². The Morgan fingerprint density at radius 3 is 1.35 bits per heavy atom. The fourth-order valence-corrected chi connectivity index (χ4v) is 9.75. The maximum Gasteiger partial charge on any atom is 0.263 e. The Morgan fingerprint density at radius 2 is 0.974 bits per heavy atom. The van der Waals surface area contributed by atoms with E-state index < -0.39 is 26.0 Å². The summed E-state index contributed by atoms with van der Waals surface area (Å²) in [4.78, 5) is 38.5. The summed E-state index contributed by atoms with van der Waals surface area (Å²) in [7, 11) is -8.35. The van der Waals surface area contributed by atoms with Crippen LogP contribution in [-0.4, -0.2) is 176 Å². The van der Waals surface area contributed by atoms with Crippen LogP contribution in [0.1, 0.15) is 60.2 Å². The van der Waals surface area contributed by atoms with Gasteiger partial charge in [-0.1, -0.05) is 63.1 Å². The number of para-hydroxylation sites is 2. The highest BCUT2D eigenvalue weighted by Gasteiger charge is 2.26. The van der Waals surface area contributed by atoms with Gasteiger partial charge in [0.25, 0.3) is 11.8 Å². The van der Waals surface area contributed by atoms with Crippen molar-refractivity contribution in [2.24, 2.45) is 27.5 Å². The van der Waals surface area contributed by atoms with Crippen LogP contribution in [0.3, 0.4) is 0 Å². The number of unbranched alkanes of at least 4 members (excludes halogenated alkanes) is 2. The number of nitrogens with two attached hydrogens (primary N) is 5. The standard InChI is InChI=1S/C25H38N6O4S.C20H22N4O4S.C8H20N4/c1-2-3-10-28-22-18-20(25(32)29-11-13-31-16-14-30(12-9-26)15-17-31)19-23(36(27,33)34)24(22)35-21-7-5-4-6-8-21;1-2-3-9-23-17-12-15(20(25)24-11-10-22-14-24)13-18(29(21,26)27)19(17)28-16-7-5-4-6-8-16;9-1-3-11-5-7-12(4-2-10)8-6-11/h4-8,18-19,28H,2-3,9-17,26H2,1H3,(H,29,32)(H2,27,33,34);4-8,10-14,23H,2-3,9H2,1H3,(H2,21,26,27);1-10H2. The molecule has 0 saturated carbocycles. The van der Waals surface area contributed by atoms with Gasteiger partial charge in [0.15, 0.2) is 11.5 Å². The molecule has 13 N–H and O–H groups in total. The van der Waals surface area contributed by atoms with Crippen LogP contribution in [-0.2, 0) is 20.0 Å². The molecule has 0 unspecified atom stereocenters. The van der Waals surface area contributed by atoms with E-state index in [0.717, 1.165) is 111 Å². The number of aromatic nitrogens is 2. The number of carbonyl (C=O) groups is 2. The van der Waals surface area contributed by atoms with Crippen LogP contribution in [0.4, 0.5) is 11.4 Å². The van der Waals surface area contributed by atoms with Gasteiger partial charge < -0.3 is 42.6 Å². The van der Waals surface area contributed by atoms with Gasteiger partial charge in [-0.3, -0.25) is 33.8 Å². The van der Waals surface area contributed by atoms with Gasteiger partial charge in [0, 0.05) is 141 Å². The lowest BCUT2D eigenvalue weighted by Gasteiger charge is -2.34. The Bertz CT molecular complexity index is 2770. The van der Waals surface area contributed by atoms with Crippen LogP contribution in [0, 0.1) is 0 Å². The molecule has 5 aromatic rings. The number of amides is 1. The van der Waals surface area contributed by atoms with Gasteiger partial charge in [0.05, 0.1) is 11.4 Å². The molecule has 24 heteroatoms. The van der Waals surface area contributed by atoms with Crippen molar-refractivity contribution in [3.8, 4) is 23.0 Å². The van der Waals surface area contributed by atoms with Gasteiger partial charge in [0.2, 0.25) is 20.0 Å². The maximum atomic E-state index is 13.0. The Labute approximate surface area is 454 Å². The molecule has 1 amide bonds. The van der Waals surface area contributed by atoms with E-state index >= 15 is 0 Å². The molecule has 2 aliphatic heterocycles. The molecule has 0 atom stereocenters. The first-order valence-electron chi connectivity index (χ1n) is 26.2. The van der Waals surface area contributed by atoms with Crippen molar-refractivity contribution in [2.45, 2.75) is 49.3 Å². The summed E-state index contributed by atoms with van der Waals surface area (Å²) in [6.45, 7) is 19.9. The zero-order valence-corrected chi connectivity index (χ0v) is 46.2. The molecule has 2 fully saturated rings. The molecule has 0 bridgehead atoms. The number of hydrogen-bond acceptors (Lipinski definition) is 18. The van der Waals surface area contributed by atoms with Crippen LogP contribution in [0.25, 0.3) is 0 Å². The molecule has 2 aliphatic rings. The van der Waals surface area contributed by atoms with E-state index in [1.165, 1.54) is 35.4 Å². The largest absolute Gasteiger partial charge is 0.454 e. The smallest absolute Gasteiger partial charge is 0.263 e. The molecule has 2 saturated heterocycles. The highest BCUT2D eigenvalue weighted by Crippen LogP contribution is 2.39. The highest BCUT2D eigenvalue weighted by molar-refractivity contribution is 7.89. The number of nitrogens with zero attached hydrogens (tertiary/aromatic N) is 6. The molecular weight excluding hydrogens is 1020 g/mol.